The molecular formula is C20H27N3O5. The van der Waals surface area contributed by atoms with Gasteiger partial charge in [0, 0.05) is 12.1 Å². The minimum Gasteiger partial charge on any atom is -0.490 e. The SMILES string of the molecule is CCOc1ccc(C(=O)O[C@@H](C)C(=O)Nc2ccnn2C(C)C)cc1OCC. The summed E-state index contributed by atoms with van der Waals surface area (Å²) < 4.78 is 18.0. The summed E-state index contributed by atoms with van der Waals surface area (Å²) in [5.74, 6) is 0.490. The highest BCUT2D eigenvalue weighted by Gasteiger charge is 2.21. The average molecular weight is 389 g/mol. The van der Waals surface area contributed by atoms with Crippen LogP contribution >= 0.6 is 0 Å². The quantitative estimate of drug-likeness (QED) is 0.661. The highest BCUT2D eigenvalue weighted by Crippen LogP contribution is 2.29. The van der Waals surface area contributed by atoms with E-state index in [9.17, 15) is 9.59 Å². The number of rotatable bonds is 9. The summed E-state index contributed by atoms with van der Waals surface area (Å²) in [5.41, 5.74) is 0.277. The van der Waals surface area contributed by atoms with E-state index in [0.29, 0.717) is 30.5 Å². The zero-order valence-corrected chi connectivity index (χ0v) is 16.9. The van der Waals surface area contributed by atoms with Crippen molar-refractivity contribution in [2.24, 2.45) is 0 Å². The van der Waals surface area contributed by atoms with E-state index in [4.69, 9.17) is 14.2 Å². The van der Waals surface area contributed by atoms with E-state index in [1.54, 1.807) is 35.1 Å². The van der Waals surface area contributed by atoms with E-state index < -0.39 is 18.0 Å². The Morgan fingerprint density at radius 1 is 1.07 bits per heavy atom. The van der Waals surface area contributed by atoms with Gasteiger partial charge in [-0.05, 0) is 52.8 Å². The van der Waals surface area contributed by atoms with Crippen LogP contribution in [-0.4, -0.2) is 41.0 Å². The van der Waals surface area contributed by atoms with Crippen LogP contribution in [0.5, 0.6) is 11.5 Å². The van der Waals surface area contributed by atoms with Crippen LogP contribution < -0.4 is 14.8 Å². The van der Waals surface area contributed by atoms with Crippen molar-refractivity contribution in [3.05, 3.63) is 36.0 Å². The second kappa shape index (κ2) is 9.77. The van der Waals surface area contributed by atoms with Gasteiger partial charge in [-0.1, -0.05) is 0 Å². The van der Waals surface area contributed by atoms with Gasteiger partial charge in [0.25, 0.3) is 5.91 Å². The zero-order chi connectivity index (χ0) is 20.7. The second-order valence-corrected chi connectivity index (χ2v) is 6.32. The number of aromatic nitrogens is 2. The van der Waals surface area contributed by atoms with E-state index in [1.165, 1.54) is 6.92 Å². The molecule has 0 bridgehead atoms. The highest BCUT2D eigenvalue weighted by atomic mass is 16.5. The molecule has 0 spiro atoms. The van der Waals surface area contributed by atoms with Crippen LogP contribution in [-0.2, 0) is 9.53 Å². The number of nitrogens with zero attached hydrogens (tertiary/aromatic N) is 2. The summed E-state index contributed by atoms with van der Waals surface area (Å²) >= 11 is 0. The van der Waals surface area contributed by atoms with Crippen LogP contribution in [0.25, 0.3) is 0 Å². The van der Waals surface area contributed by atoms with E-state index in [-0.39, 0.29) is 11.6 Å². The maximum Gasteiger partial charge on any atom is 0.339 e. The fraction of sp³-hybridized carbons (Fsp3) is 0.450. The first-order chi connectivity index (χ1) is 13.4. The molecule has 0 unspecified atom stereocenters. The van der Waals surface area contributed by atoms with Crippen LogP contribution in [0, 0.1) is 0 Å². The highest BCUT2D eigenvalue weighted by molar-refractivity contribution is 5.97. The molecule has 0 aliphatic rings. The molecule has 1 N–H and O–H groups in total. The minimum absolute atomic E-state index is 0.0870. The number of hydrogen-bond donors (Lipinski definition) is 1. The average Bonchev–Trinajstić information content (AvgIpc) is 3.11. The Labute approximate surface area is 164 Å². The van der Waals surface area contributed by atoms with Crippen LogP contribution in [0.1, 0.15) is 51.0 Å². The lowest BCUT2D eigenvalue weighted by Crippen LogP contribution is -2.31. The number of carbonyl (C=O) groups excluding carboxylic acids is 2. The molecule has 2 rings (SSSR count). The molecule has 1 aromatic heterocycles. The van der Waals surface area contributed by atoms with Gasteiger partial charge in [0.1, 0.15) is 5.82 Å². The molecular weight excluding hydrogens is 362 g/mol. The molecule has 0 saturated carbocycles. The molecule has 1 atom stereocenters. The van der Waals surface area contributed by atoms with Gasteiger partial charge in [0.05, 0.1) is 25.0 Å². The van der Waals surface area contributed by atoms with Crippen molar-refractivity contribution in [2.75, 3.05) is 18.5 Å². The lowest BCUT2D eigenvalue weighted by molar-refractivity contribution is -0.123. The van der Waals surface area contributed by atoms with Gasteiger partial charge in [-0.2, -0.15) is 5.10 Å². The van der Waals surface area contributed by atoms with Crippen LogP contribution in [0.3, 0.4) is 0 Å². The van der Waals surface area contributed by atoms with Crippen molar-refractivity contribution in [3.8, 4) is 11.5 Å². The van der Waals surface area contributed by atoms with Gasteiger partial charge in [-0.3, -0.25) is 4.79 Å². The van der Waals surface area contributed by atoms with Crippen molar-refractivity contribution in [2.45, 2.75) is 46.8 Å². The molecule has 1 amide bonds. The molecule has 8 nitrogen and oxygen atoms in total. The summed E-state index contributed by atoms with van der Waals surface area (Å²) in [5, 5.41) is 6.88. The Morgan fingerprint density at radius 3 is 2.39 bits per heavy atom. The van der Waals surface area contributed by atoms with Gasteiger partial charge < -0.3 is 19.5 Å². The van der Waals surface area contributed by atoms with Crippen LogP contribution in [0.4, 0.5) is 5.82 Å². The van der Waals surface area contributed by atoms with Crippen molar-refractivity contribution >= 4 is 17.7 Å². The largest absolute Gasteiger partial charge is 0.490 e. The maximum absolute atomic E-state index is 12.4. The summed E-state index contributed by atoms with van der Waals surface area (Å²) in [4.78, 5) is 24.8. The predicted molar refractivity (Wildman–Crippen MR) is 105 cm³/mol. The monoisotopic (exact) mass is 389 g/mol. The molecule has 28 heavy (non-hydrogen) atoms. The topological polar surface area (TPSA) is 91.7 Å². The fourth-order valence-electron chi connectivity index (χ4n) is 2.51. The van der Waals surface area contributed by atoms with Crippen LogP contribution in [0.15, 0.2) is 30.5 Å². The first-order valence-corrected chi connectivity index (χ1v) is 9.32. The molecule has 0 aliphatic carbocycles. The van der Waals surface area contributed by atoms with Crippen molar-refractivity contribution < 1.29 is 23.8 Å². The van der Waals surface area contributed by atoms with Crippen molar-refractivity contribution in [1.82, 2.24) is 9.78 Å². The first kappa shape index (κ1) is 21.3. The second-order valence-electron chi connectivity index (χ2n) is 6.32. The summed E-state index contributed by atoms with van der Waals surface area (Å²) in [6.07, 6.45) is 0.617. The molecule has 0 radical (unpaired) electrons. The fourth-order valence-corrected chi connectivity index (χ4v) is 2.51. The number of amides is 1. The Balaban J connectivity index is 2.05. The maximum atomic E-state index is 12.4. The Bertz CT molecular complexity index is 816. The van der Waals surface area contributed by atoms with Gasteiger partial charge in [0.2, 0.25) is 0 Å². The van der Waals surface area contributed by atoms with E-state index in [2.05, 4.69) is 10.4 Å². The van der Waals surface area contributed by atoms with Gasteiger partial charge in [-0.25, -0.2) is 9.48 Å². The molecule has 152 valence electrons. The normalized spacial score (nSPS) is 11.8. The number of hydrogen-bond acceptors (Lipinski definition) is 6. The molecule has 0 saturated heterocycles. The van der Waals surface area contributed by atoms with E-state index >= 15 is 0 Å². The first-order valence-electron chi connectivity index (χ1n) is 9.32. The summed E-state index contributed by atoms with van der Waals surface area (Å²) in [6, 6.07) is 6.55. The minimum atomic E-state index is -0.981. The Hall–Kier alpha value is -3.03. The number of nitrogens with one attached hydrogen (secondary N) is 1. The third kappa shape index (κ3) is 5.25. The van der Waals surface area contributed by atoms with Crippen molar-refractivity contribution in [1.29, 1.82) is 0 Å². The number of anilines is 1. The summed E-state index contributed by atoms with van der Waals surface area (Å²) in [6.45, 7) is 10.0. The molecule has 2 aromatic rings. The predicted octanol–water partition coefficient (Wildman–Crippen LogP) is 3.45. The van der Waals surface area contributed by atoms with Gasteiger partial charge >= 0.3 is 5.97 Å². The summed E-state index contributed by atoms with van der Waals surface area (Å²) in [7, 11) is 0. The lowest BCUT2D eigenvalue weighted by Gasteiger charge is -2.16. The third-order valence-corrected chi connectivity index (χ3v) is 3.84. The number of ether oxygens (including phenoxy) is 3. The Kier molecular flexibility index (Phi) is 7.43. The number of esters is 1. The third-order valence-electron chi connectivity index (χ3n) is 3.84. The molecule has 8 heteroatoms. The molecule has 0 aliphatic heterocycles. The van der Waals surface area contributed by atoms with E-state index in [0.717, 1.165) is 0 Å². The number of benzene rings is 1. The standard InChI is InChI=1S/C20H27N3O5/c1-6-26-16-9-8-15(12-17(16)27-7-2)20(25)28-14(5)19(24)22-18-10-11-21-23(18)13(3)4/h8-14H,6-7H2,1-5H3,(H,22,24)/t14-/m0/s1. The molecule has 0 fully saturated rings. The number of carbonyl (C=O) groups is 2. The molecule has 1 aromatic carbocycles. The van der Waals surface area contributed by atoms with Crippen molar-refractivity contribution in [3.63, 3.8) is 0 Å². The Morgan fingerprint density at radius 2 is 1.75 bits per heavy atom. The molecule has 1 heterocycles. The lowest BCUT2D eigenvalue weighted by atomic mass is 10.2. The van der Waals surface area contributed by atoms with Crippen LogP contribution in [0.2, 0.25) is 0 Å². The van der Waals surface area contributed by atoms with E-state index in [1.807, 2.05) is 27.7 Å². The van der Waals surface area contributed by atoms with Gasteiger partial charge in [-0.15, -0.1) is 0 Å². The zero-order valence-electron chi connectivity index (χ0n) is 16.9. The smallest absolute Gasteiger partial charge is 0.339 e. The van der Waals surface area contributed by atoms with Gasteiger partial charge in [0.15, 0.2) is 17.6 Å².